The molecule has 0 aromatic heterocycles. The van der Waals surface area contributed by atoms with Gasteiger partial charge in [0.2, 0.25) is 11.8 Å². The fourth-order valence-corrected chi connectivity index (χ4v) is 2.60. The van der Waals surface area contributed by atoms with Gasteiger partial charge in [-0.05, 0) is 43.5 Å². The van der Waals surface area contributed by atoms with Crippen molar-refractivity contribution in [2.75, 3.05) is 0 Å². The van der Waals surface area contributed by atoms with Crippen LogP contribution in [-0.4, -0.2) is 22.3 Å². The number of aryl methyl sites for hydroxylation is 1. The normalized spacial score (nSPS) is 21.7. The van der Waals surface area contributed by atoms with Crippen LogP contribution in [0.15, 0.2) is 30.6 Å². The van der Waals surface area contributed by atoms with Crippen LogP contribution < -0.4 is 11.1 Å². The molecule has 1 aliphatic heterocycles. The zero-order chi connectivity index (χ0) is 16.5. The van der Waals surface area contributed by atoms with E-state index < -0.39 is 5.91 Å². The van der Waals surface area contributed by atoms with Gasteiger partial charge < -0.3 is 11.1 Å². The molecule has 5 heteroatoms. The minimum atomic E-state index is -0.471. The minimum Gasteiger partial charge on any atom is -0.366 e. The van der Waals surface area contributed by atoms with Crippen molar-refractivity contribution in [2.24, 2.45) is 5.73 Å². The second-order valence-electron chi connectivity index (χ2n) is 6.15. The second-order valence-corrected chi connectivity index (χ2v) is 6.15. The molecule has 1 atom stereocenters. The molecule has 1 aliphatic rings. The van der Waals surface area contributed by atoms with Crippen LogP contribution in [0.1, 0.15) is 48.2 Å². The lowest BCUT2D eigenvalue weighted by Gasteiger charge is -2.41. The minimum absolute atomic E-state index is 0.0389. The molecule has 1 unspecified atom stereocenters. The van der Waals surface area contributed by atoms with Gasteiger partial charge >= 0.3 is 0 Å². The Bertz CT molecular complexity index is 619. The number of carbonyl (C=O) groups excluding carboxylic acids is 2. The summed E-state index contributed by atoms with van der Waals surface area (Å²) in [5, 5.41) is 3.32. The summed E-state index contributed by atoms with van der Waals surface area (Å²) in [6.45, 7) is 10.4. The summed E-state index contributed by atoms with van der Waals surface area (Å²) in [5.41, 5.74) is 7.43. The van der Waals surface area contributed by atoms with Crippen molar-refractivity contribution in [3.8, 4) is 0 Å². The van der Waals surface area contributed by atoms with Crippen LogP contribution in [-0.2, 0) is 11.3 Å². The van der Waals surface area contributed by atoms with Gasteiger partial charge in [-0.1, -0.05) is 19.6 Å². The van der Waals surface area contributed by atoms with E-state index in [0.717, 1.165) is 17.5 Å². The fraction of sp³-hybridized carbons (Fsp3) is 0.412. The van der Waals surface area contributed by atoms with E-state index in [9.17, 15) is 9.59 Å². The Morgan fingerprint density at radius 3 is 2.73 bits per heavy atom. The summed E-state index contributed by atoms with van der Waals surface area (Å²) in [4.78, 5) is 25.4. The standard InChI is InChI=1S/C17H23N3O2/c1-5-17(4)9-15(21)20(12(3)19-17)10-14-8-13(16(18)22)7-6-11(14)2/h6-8,19H,3,5,9-10H2,1-2,4H3,(H2,18,22). The van der Waals surface area contributed by atoms with Crippen LogP contribution >= 0.6 is 0 Å². The predicted octanol–water partition coefficient (Wildman–Crippen LogP) is 2.06. The summed E-state index contributed by atoms with van der Waals surface area (Å²) in [7, 11) is 0. The number of nitrogens with one attached hydrogen (secondary N) is 1. The molecule has 0 bridgehead atoms. The molecule has 2 amide bonds. The molecule has 5 nitrogen and oxygen atoms in total. The van der Waals surface area contributed by atoms with E-state index in [0.29, 0.717) is 24.4 Å². The van der Waals surface area contributed by atoms with Gasteiger partial charge in [-0.3, -0.25) is 14.5 Å². The van der Waals surface area contributed by atoms with E-state index >= 15 is 0 Å². The first-order valence-corrected chi connectivity index (χ1v) is 7.42. The van der Waals surface area contributed by atoms with Crippen molar-refractivity contribution in [3.63, 3.8) is 0 Å². The molecule has 1 heterocycles. The number of hydrogen-bond donors (Lipinski definition) is 2. The molecule has 0 spiro atoms. The molecule has 118 valence electrons. The van der Waals surface area contributed by atoms with E-state index in [1.807, 2.05) is 26.8 Å². The maximum atomic E-state index is 12.4. The van der Waals surface area contributed by atoms with Gasteiger partial charge in [-0.25, -0.2) is 0 Å². The van der Waals surface area contributed by atoms with Crippen LogP contribution in [0.2, 0.25) is 0 Å². The number of carbonyl (C=O) groups is 2. The van der Waals surface area contributed by atoms with Crippen molar-refractivity contribution >= 4 is 11.8 Å². The third-order valence-electron chi connectivity index (χ3n) is 4.36. The molecule has 1 saturated heterocycles. The highest BCUT2D eigenvalue weighted by atomic mass is 16.2. The fourth-order valence-electron chi connectivity index (χ4n) is 2.60. The Balaban J connectivity index is 2.24. The number of primary amides is 1. The van der Waals surface area contributed by atoms with E-state index in [-0.39, 0.29) is 11.4 Å². The van der Waals surface area contributed by atoms with Crippen molar-refractivity contribution in [1.82, 2.24) is 10.2 Å². The topological polar surface area (TPSA) is 75.4 Å². The van der Waals surface area contributed by atoms with Crippen molar-refractivity contribution in [2.45, 2.75) is 45.7 Å². The molecule has 0 radical (unpaired) electrons. The van der Waals surface area contributed by atoms with Gasteiger partial charge in [0.05, 0.1) is 6.54 Å². The second kappa shape index (κ2) is 5.83. The van der Waals surface area contributed by atoms with Crippen LogP contribution in [0.25, 0.3) is 0 Å². The molecule has 1 fully saturated rings. The first kappa shape index (κ1) is 16.1. The Hall–Kier alpha value is -2.30. The summed E-state index contributed by atoms with van der Waals surface area (Å²) in [6.07, 6.45) is 1.28. The quantitative estimate of drug-likeness (QED) is 0.893. The molecule has 1 aromatic rings. The highest BCUT2D eigenvalue weighted by Crippen LogP contribution is 2.26. The van der Waals surface area contributed by atoms with Gasteiger partial charge in [0.1, 0.15) is 5.82 Å². The lowest BCUT2D eigenvalue weighted by molar-refractivity contribution is -0.134. The van der Waals surface area contributed by atoms with E-state index in [1.165, 1.54) is 0 Å². The molecule has 0 saturated carbocycles. The molecule has 1 aromatic carbocycles. The van der Waals surface area contributed by atoms with Gasteiger partial charge in [0.25, 0.3) is 0 Å². The monoisotopic (exact) mass is 301 g/mol. The maximum absolute atomic E-state index is 12.4. The van der Waals surface area contributed by atoms with Crippen LogP contribution in [0.4, 0.5) is 0 Å². The smallest absolute Gasteiger partial charge is 0.248 e. The average molecular weight is 301 g/mol. The van der Waals surface area contributed by atoms with Crippen LogP contribution in [0.5, 0.6) is 0 Å². The first-order chi connectivity index (χ1) is 10.3. The van der Waals surface area contributed by atoms with Crippen molar-refractivity contribution in [3.05, 3.63) is 47.3 Å². The molecule has 2 rings (SSSR count). The molecular weight excluding hydrogens is 278 g/mol. The van der Waals surface area contributed by atoms with Crippen LogP contribution in [0, 0.1) is 6.92 Å². The largest absolute Gasteiger partial charge is 0.366 e. The number of amides is 2. The first-order valence-electron chi connectivity index (χ1n) is 7.42. The van der Waals surface area contributed by atoms with Gasteiger partial charge in [-0.15, -0.1) is 0 Å². The molecule has 3 N–H and O–H groups in total. The Kier molecular flexibility index (Phi) is 4.26. The Morgan fingerprint density at radius 2 is 2.18 bits per heavy atom. The summed E-state index contributed by atoms with van der Waals surface area (Å²) in [5.74, 6) is 0.170. The van der Waals surface area contributed by atoms with Gasteiger partial charge in [-0.2, -0.15) is 0 Å². The highest BCUT2D eigenvalue weighted by molar-refractivity contribution is 5.93. The van der Waals surface area contributed by atoms with E-state index in [2.05, 4.69) is 11.9 Å². The maximum Gasteiger partial charge on any atom is 0.248 e. The lowest BCUT2D eigenvalue weighted by atomic mass is 9.91. The Morgan fingerprint density at radius 1 is 1.50 bits per heavy atom. The number of nitrogens with two attached hydrogens (primary N) is 1. The highest BCUT2D eigenvalue weighted by Gasteiger charge is 2.35. The van der Waals surface area contributed by atoms with Crippen LogP contribution in [0.3, 0.4) is 0 Å². The summed E-state index contributed by atoms with van der Waals surface area (Å²) in [6, 6.07) is 5.28. The Labute approximate surface area is 131 Å². The zero-order valence-corrected chi connectivity index (χ0v) is 13.4. The SMILES string of the molecule is C=C1NC(C)(CC)CC(=O)N1Cc1cc(C(N)=O)ccc1C. The molecule has 22 heavy (non-hydrogen) atoms. The van der Waals surface area contributed by atoms with Gasteiger partial charge in [0, 0.05) is 17.5 Å². The average Bonchev–Trinajstić information content (AvgIpc) is 2.44. The zero-order valence-electron chi connectivity index (χ0n) is 13.4. The van der Waals surface area contributed by atoms with E-state index in [4.69, 9.17) is 5.73 Å². The van der Waals surface area contributed by atoms with Crippen molar-refractivity contribution in [1.29, 1.82) is 0 Å². The third-order valence-corrected chi connectivity index (χ3v) is 4.36. The summed E-state index contributed by atoms with van der Waals surface area (Å²) >= 11 is 0. The number of rotatable bonds is 4. The molecule has 0 aliphatic carbocycles. The lowest BCUT2D eigenvalue weighted by Crippen LogP contribution is -2.55. The third kappa shape index (κ3) is 3.13. The molecular formula is C17H23N3O2. The van der Waals surface area contributed by atoms with Gasteiger partial charge in [0.15, 0.2) is 0 Å². The van der Waals surface area contributed by atoms with Crippen molar-refractivity contribution < 1.29 is 9.59 Å². The summed E-state index contributed by atoms with van der Waals surface area (Å²) < 4.78 is 0. The van der Waals surface area contributed by atoms with E-state index in [1.54, 1.807) is 17.0 Å². The predicted molar refractivity (Wildman–Crippen MR) is 85.8 cm³/mol. The number of benzene rings is 1. The number of hydrogen-bond acceptors (Lipinski definition) is 3. The number of nitrogens with zero attached hydrogens (tertiary/aromatic N) is 1.